The van der Waals surface area contributed by atoms with Crippen LogP contribution < -0.4 is 0 Å². The van der Waals surface area contributed by atoms with Gasteiger partial charge in [0.2, 0.25) is 0 Å². The summed E-state index contributed by atoms with van der Waals surface area (Å²) in [5.41, 5.74) is 4.42. The highest BCUT2D eigenvalue weighted by Crippen LogP contribution is 2.46. The molecule has 1 aliphatic rings. The normalized spacial score (nSPS) is 20.7. The number of aromatic nitrogens is 3. The van der Waals surface area contributed by atoms with Crippen LogP contribution >= 0.6 is 0 Å². The Hall–Kier alpha value is -3.15. The number of allylic oxidation sites excluding steroid dienone is 2. The van der Waals surface area contributed by atoms with Gasteiger partial charge in [-0.15, -0.1) is 0 Å². The molecule has 37 heavy (non-hydrogen) atoms. The first-order valence-corrected chi connectivity index (χ1v) is 13.1. The summed E-state index contributed by atoms with van der Waals surface area (Å²) >= 11 is 0. The van der Waals surface area contributed by atoms with Gasteiger partial charge in [0, 0.05) is 28.9 Å². The monoisotopic (exact) mass is 507 g/mol. The van der Waals surface area contributed by atoms with E-state index in [1.165, 1.54) is 31.9 Å². The van der Waals surface area contributed by atoms with E-state index in [1.54, 1.807) is 0 Å². The van der Waals surface area contributed by atoms with E-state index in [0.29, 0.717) is 22.6 Å². The predicted molar refractivity (Wildman–Crippen MR) is 146 cm³/mol. The molecule has 3 aromatic rings. The van der Waals surface area contributed by atoms with Gasteiger partial charge in [0.05, 0.1) is 22.6 Å². The molecule has 2 aromatic heterocycles. The molecule has 0 spiro atoms. The minimum absolute atomic E-state index is 0.290. The molecular formula is C31H36F3N3. The molecule has 0 N–H and O–H groups in total. The van der Waals surface area contributed by atoms with Crippen molar-refractivity contribution in [3.05, 3.63) is 72.3 Å². The van der Waals surface area contributed by atoms with Gasteiger partial charge in [-0.3, -0.25) is 4.98 Å². The molecule has 1 saturated carbocycles. The largest absolute Gasteiger partial charge is 0.416 e. The van der Waals surface area contributed by atoms with Crippen LogP contribution in [0.1, 0.15) is 89.2 Å². The van der Waals surface area contributed by atoms with Crippen LogP contribution in [0.2, 0.25) is 0 Å². The summed E-state index contributed by atoms with van der Waals surface area (Å²) in [5, 5.41) is 0. The van der Waals surface area contributed by atoms with Gasteiger partial charge in [0.25, 0.3) is 0 Å². The van der Waals surface area contributed by atoms with Crippen molar-refractivity contribution in [2.24, 2.45) is 5.41 Å². The highest BCUT2D eigenvalue weighted by atomic mass is 19.4. The standard InChI is InChI=1S/C31H36F3N3/c1-6-16-30(5)17-13-24(14-18-30)29-36-28(27(8-3)37(29)21(4)7-2)23-11-9-22(10-12-23)26-20-25(15-19-35-26)31(32,33)34/h7-12,15,19-20,24H,3,6,13-14,16-18H2,1-2,4-5H3/b21-7-. The van der Waals surface area contributed by atoms with E-state index >= 15 is 0 Å². The summed E-state index contributed by atoms with van der Waals surface area (Å²) in [6.45, 7) is 12.9. The number of alkyl halides is 3. The lowest BCUT2D eigenvalue weighted by molar-refractivity contribution is -0.137. The molecule has 3 nitrogen and oxygen atoms in total. The van der Waals surface area contributed by atoms with Crippen molar-refractivity contribution in [3.8, 4) is 22.5 Å². The second-order valence-corrected chi connectivity index (χ2v) is 10.5. The van der Waals surface area contributed by atoms with Gasteiger partial charge in [-0.1, -0.05) is 57.2 Å². The van der Waals surface area contributed by atoms with Crippen LogP contribution in [0, 0.1) is 5.41 Å². The number of imidazole rings is 1. The van der Waals surface area contributed by atoms with Crippen LogP contribution in [0.25, 0.3) is 34.3 Å². The first-order chi connectivity index (χ1) is 17.6. The van der Waals surface area contributed by atoms with E-state index in [2.05, 4.69) is 43.0 Å². The fraction of sp³-hybridized carbons (Fsp3) is 0.419. The molecular weight excluding hydrogens is 471 g/mol. The summed E-state index contributed by atoms with van der Waals surface area (Å²) in [5.74, 6) is 1.45. The van der Waals surface area contributed by atoms with Crippen LogP contribution in [0.5, 0.6) is 0 Å². The Morgan fingerprint density at radius 1 is 1.14 bits per heavy atom. The number of benzene rings is 1. The number of rotatable bonds is 7. The lowest BCUT2D eigenvalue weighted by atomic mass is 9.69. The van der Waals surface area contributed by atoms with Gasteiger partial charge >= 0.3 is 6.18 Å². The molecule has 0 saturated heterocycles. The summed E-state index contributed by atoms with van der Waals surface area (Å²) < 4.78 is 41.7. The maximum atomic E-state index is 13.2. The van der Waals surface area contributed by atoms with Gasteiger partial charge in [-0.2, -0.15) is 13.2 Å². The Morgan fingerprint density at radius 2 is 1.78 bits per heavy atom. The average molecular weight is 508 g/mol. The van der Waals surface area contributed by atoms with Gasteiger partial charge in [0.15, 0.2) is 0 Å². The van der Waals surface area contributed by atoms with Crippen molar-refractivity contribution in [1.82, 2.24) is 14.5 Å². The van der Waals surface area contributed by atoms with Crippen LogP contribution in [-0.2, 0) is 6.18 Å². The second-order valence-electron chi connectivity index (χ2n) is 10.5. The van der Waals surface area contributed by atoms with Crippen LogP contribution in [0.15, 0.2) is 55.3 Å². The van der Waals surface area contributed by atoms with Gasteiger partial charge in [-0.25, -0.2) is 4.98 Å². The van der Waals surface area contributed by atoms with Gasteiger partial charge in [-0.05, 0) is 69.6 Å². The SMILES string of the molecule is C=Cc1c(-c2ccc(-c3cc(C(F)(F)F)ccn3)cc2)nc(C2CCC(C)(CCC)CC2)n1/C(C)=C\C. The quantitative estimate of drug-likeness (QED) is 0.319. The number of hydrogen-bond acceptors (Lipinski definition) is 2. The third kappa shape index (κ3) is 5.58. The third-order valence-electron chi connectivity index (χ3n) is 7.86. The zero-order chi connectivity index (χ0) is 26.8. The van der Waals surface area contributed by atoms with E-state index in [0.717, 1.165) is 53.4 Å². The number of halogens is 3. The van der Waals surface area contributed by atoms with Crippen molar-refractivity contribution in [1.29, 1.82) is 0 Å². The lowest BCUT2D eigenvalue weighted by Gasteiger charge is -2.37. The number of nitrogens with zero attached hydrogens (tertiary/aromatic N) is 3. The molecule has 196 valence electrons. The number of pyridine rings is 1. The molecule has 0 aliphatic heterocycles. The van der Waals surface area contributed by atoms with E-state index in [-0.39, 0.29) is 0 Å². The molecule has 2 heterocycles. The van der Waals surface area contributed by atoms with Crippen molar-refractivity contribution >= 4 is 11.8 Å². The Labute approximate surface area is 218 Å². The lowest BCUT2D eigenvalue weighted by Crippen LogP contribution is -2.25. The first-order valence-electron chi connectivity index (χ1n) is 13.1. The smallest absolute Gasteiger partial charge is 0.300 e. The van der Waals surface area contributed by atoms with E-state index in [9.17, 15) is 13.2 Å². The fourth-order valence-electron chi connectivity index (χ4n) is 5.62. The molecule has 0 amide bonds. The Kier molecular flexibility index (Phi) is 7.77. The van der Waals surface area contributed by atoms with Crippen LogP contribution in [0.3, 0.4) is 0 Å². The maximum Gasteiger partial charge on any atom is 0.416 e. The molecule has 0 unspecified atom stereocenters. The Balaban J connectivity index is 1.70. The Morgan fingerprint density at radius 3 is 2.35 bits per heavy atom. The molecule has 6 heteroatoms. The highest BCUT2D eigenvalue weighted by molar-refractivity contribution is 5.75. The molecule has 4 rings (SSSR count). The zero-order valence-corrected chi connectivity index (χ0v) is 22.2. The minimum atomic E-state index is -4.41. The van der Waals surface area contributed by atoms with Gasteiger partial charge < -0.3 is 4.57 Å². The van der Waals surface area contributed by atoms with Crippen molar-refractivity contribution in [3.63, 3.8) is 0 Å². The predicted octanol–water partition coefficient (Wildman–Crippen LogP) is 9.62. The average Bonchev–Trinajstić information content (AvgIpc) is 3.28. The molecule has 1 aliphatic carbocycles. The van der Waals surface area contributed by atoms with E-state index in [1.807, 2.05) is 37.3 Å². The second kappa shape index (κ2) is 10.7. The summed E-state index contributed by atoms with van der Waals surface area (Å²) in [6, 6.07) is 9.51. The van der Waals surface area contributed by atoms with E-state index in [4.69, 9.17) is 4.98 Å². The maximum absolute atomic E-state index is 13.2. The topological polar surface area (TPSA) is 30.7 Å². The molecule has 0 atom stereocenters. The fourth-order valence-corrected chi connectivity index (χ4v) is 5.62. The minimum Gasteiger partial charge on any atom is -0.300 e. The molecule has 1 aromatic carbocycles. The van der Waals surface area contributed by atoms with Crippen molar-refractivity contribution < 1.29 is 13.2 Å². The third-order valence-corrected chi connectivity index (χ3v) is 7.86. The molecule has 0 radical (unpaired) electrons. The first kappa shape index (κ1) is 26.9. The zero-order valence-electron chi connectivity index (χ0n) is 22.2. The Bertz CT molecular complexity index is 1270. The van der Waals surface area contributed by atoms with Crippen LogP contribution in [-0.4, -0.2) is 14.5 Å². The highest BCUT2D eigenvalue weighted by Gasteiger charge is 2.34. The number of hydrogen-bond donors (Lipinski definition) is 0. The summed E-state index contributed by atoms with van der Waals surface area (Å²) in [4.78, 5) is 9.33. The van der Waals surface area contributed by atoms with Crippen molar-refractivity contribution in [2.45, 2.75) is 78.3 Å². The van der Waals surface area contributed by atoms with Crippen molar-refractivity contribution in [2.75, 3.05) is 0 Å². The summed E-state index contributed by atoms with van der Waals surface area (Å²) in [6.07, 6.45) is 7.83. The molecule has 0 bridgehead atoms. The van der Waals surface area contributed by atoms with Crippen LogP contribution in [0.4, 0.5) is 13.2 Å². The summed E-state index contributed by atoms with van der Waals surface area (Å²) in [7, 11) is 0. The molecule has 1 fully saturated rings. The van der Waals surface area contributed by atoms with Gasteiger partial charge in [0.1, 0.15) is 5.82 Å². The van der Waals surface area contributed by atoms with E-state index < -0.39 is 11.7 Å².